The Morgan fingerprint density at radius 1 is 1.40 bits per heavy atom. The summed E-state index contributed by atoms with van der Waals surface area (Å²) in [6.45, 7) is 8.01. The molecule has 0 aliphatic rings. The second-order valence-corrected chi connectivity index (χ2v) is 5.96. The highest BCUT2D eigenvalue weighted by Crippen LogP contribution is 2.13. The molecule has 0 saturated carbocycles. The first-order valence-corrected chi connectivity index (χ1v) is 8.02. The Kier molecular flexibility index (Phi) is 4.88. The van der Waals surface area contributed by atoms with Gasteiger partial charge in [0.05, 0.1) is 24.1 Å². The van der Waals surface area contributed by atoms with Crippen molar-refractivity contribution in [1.29, 1.82) is 0 Å². The normalized spacial score (nSPS) is 12.8. The van der Waals surface area contributed by atoms with Crippen LogP contribution < -0.4 is 5.32 Å². The van der Waals surface area contributed by atoms with Crippen molar-refractivity contribution in [2.75, 3.05) is 6.26 Å². The largest absolute Gasteiger partial charge is 0.325 e. The maximum absolute atomic E-state index is 4.50. The molecule has 0 amide bonds. The fourth-order valence-electron chi connectivity index (χ4n) is 2.24. The lowest BCUT2D eigenvalue weighted by Gasteiger charge is -2.15. The zero-order valence-corrected chi connectivity index (χ0v) is 13.7. The van der Waals surface area contributed by atoms with Crippen LogP contribution in [0.5, 0.6) is 0 Å². The van der Waals surface area contributed by atoms with E-state index in [2.05, 4.69) is 51.6 Å². The maximum atomic E-state index is 4.50. The second kappa shape index (κ2) is 6.45. The Hall–Kier alpha value is -1.27. The first-order valence-electron chi connectivity index (χ1n) is 6.80. The summed E-state index contributed by atoms with van der Waals surface area (Å²) in [6, 6.07) is 2.47. The number of thioether (sulfide) groups is 1. The van der Waals surface area contributed by atoms with Gasteiger partial charge in [-0.3, -0.25) is 4.68 Å². The predicted octanol–water partition coefficient (Wildman–Crippen LogP) is 2.13. The molecule has 20 heavy (non-hydrogen) atoms. The number of nitrogens with zero attached hydrogens (tertiary/aromatic N) is 4. The van der Waals surface area contributed by atoms with Crippen LogP contribution in [0.2, 0.25) is 0 Å². The molecule has 0 fully saturated rings. The van der Waals surface area contributed by atoms with Crippen LogP contribution in [-0.4, -0.2) is 31.6 Å². The maximum Gasteiger partial charge on any atom is 0.167 e. The third-order valence-electron chi connectivity index (χ3n) is 3.41. The van der Waals surface area contributed by atoms with E-state index >= 15 is 0 Å². The first kappa shape index (κ1) is 15.1. The van der Waals surface area contributed by atoms with Crippen LogP contribution >= 0.6 is 11.8 Å². The molecule has 2 rings (SSSR count). The number of rotatable bonds is 6. The predicted molar refractivity (Wildman–Crippen MR) is 83.0 cm³/mol. The highest BCUT2D eigenvalue weighted by Gasteiger charge is 2.09. The Labute approximate surface area is 124 Å². The Morgan fingerprint density at radius 3 is 2.70 bits per heavy atom. The molecule has 2 aromatic rings. The van der Waals surface area contributed by atoms with Gasteiger partial charge in [-0.25, -0.2) is 4.98 Å². The fraction of sp³-hybridized carbons (Fsp3) is 0.571. The molecule has 2 heterocycles. The number of hydrogen-bond donors (Lipinski definition) is 1. The molecule has 6 heteroatoms. The molecule has 1 N–H and O–H groups in total. The fourth-order valence-corrected chi connectivity index (χ4v) is 2.79. The number of hydrogen-bond acceptors (Lipinski definition) is 4. The number of aryl methyl sites for hydroxylation is 2. The first-order chi connectivity index (χ1) is 9.51. The van der Waals surface area contributed by atoms with Crippen molar-refractivity contribution in [3.05, 3.63) is 29.3 Å². The van der Waals surface area contributed by atoms with Crippen LogP contribution in [-0.2, 0) is 20.1 Å². The zero-order valence-electron chi connectivity index (χ0n) is 12.8. The molecule has 0 radical (unpaired) electrons. The van der Waals surface area contributed by atoms with Crippen LogP contribution in [0.1, 0.15) is 24.0 Å². The SMILES string of the molecule is CSc1ncc(CNC(C)Cn2nc(C)cc2C)n1C. The standard InChI is InChI=1S/C14H23N5S/c1-10-6-12(3)19(17-10)9-11(2)15-7-13-8-16-14(20-5)18(13)4/h6,8,11,15H,7,9H2,1-5H3. The zero-order chi connectivity index (χ0) is 14.7. The van der Waals surface area contributed by atoms with Gasteiger partial charge in [0.15, 0.2) is 5.16 Å². The molecule has 0 aromatic carbocycles. The molecule has 0 spiro atoms. The molecular weight excluding hydrogens is 270 g/mol. The van der Waals surface area contributed by atoms with Gasteiger partial charge in [0.25, 0.3) is 0 Å². The minimum atomic E-state index is 0.362. The van der Waals surface area contributed by atoms with Crippen LogP contribution in [0, 0.1) is 13.8 Å². The van der Waals surface area contributed by atoms with E-state index in [-0.39, 0.29) is 0 Å². The van der Waals surface area contributed by atoms with E-state index in [1.807, 2.05) is 19.4 Å². The molecule has 1 atom stereocenters. The monoisotopic (exact) mass is 293 g/mol. The molecule has 0 aliphatic carbocycles. The summed E-state index contributed by atoms with van der Waals surface area (Å²) in [6.07, 6.45) is 3.99. The summed E-state index contributed by atoms with van der Waals surface area (Å²) >= 11 is 1.67. The van der Waals surface area contributed by atoms with Gasteiger partial charge in [0, 0.05) is 25.3 Å². The Bertz CT molecular complexity index is 572. The second-order valence-electron chi connectivity index (χ2n) is 5.19. The average Bonchev–Trinajstić information content (AvgIpc) is 2.90. The van der Waals surface area contributed by atoms with Crippen molar-refractivity contribution in [3.63, 3.8) is 0 Å². The van der Waals surface area contributed by atoms with Gasteiger partial charge in [-0.05, 0) is 33.1 Å². The van der Waals surface area contributed by atoms with E-state index < -0.39 is 0 Å². The van der Waals surface area contributed by atoms with E-state index in [4.69, 9.17) is 0 Å². The minimum Gasteiger partial charge on any atom is -0.325 e. The molecule has 0 saturated heterocycles. The summed E-state index contributed by atoms with van der Waals surface area (Å²) < 4.78 is 4.19. The topological polar surface area (TPSA) is 47.7 Å². The number of aromatic nitrogens is 4. The quantitative estimate of drug-likeness (QED) is 0.829. The highest BCUT2D eigenvalue weighted by molar-refractivity contribution is 7.98. The molecule has 0 aliphatic heterocycles. The number of imidazole rings is 1. The lowest BCUT2D eigenvalue weighted by Crippen LogP contribution is -2.31. The highest BCUT2D eigenvalue weighted by atomic mass is 32.2. The van der Waals surface area contributed by atoms with E-state index in [1.165, 1.54) is 11.4 Å². The van der Waals surface area contributed by atoms with Gasteiger partial charge in [-0.2, -0.15) is 5.10 Å². The lowest BCUT2D eigenvalue weighted by atomic mass is 10.3. The molecule has 110 valence electrons. The van der Waals surface area contributed by atoms with E-state index in [1.54, 1.807) is 11.8 Å². The Morgan fingerprint density at radius 2 is 2.15 bits per heavy atom. The van der Waals surface area contributed by atoms with Crippen LogP contribution in [0.4, 0.5) is 0 Å². The van der Waals surface area contributed by atoms with E-state index in [9.17, 15) is 0 Å². The summed E-state index contributed by atoms with van der Waals surface area (Å²) in [4.78, 5) is 4.38. The molecule has 5 nitrogen and oxygen atoms in total. The van der Waals surface area contributed by atoms with Gasteiger partial charge in [-0.15, -0.1) is 0 Å². The summed E-state index contributed by atoms with van der Waals surface area (Å²) in [5.74, 6) is 0. The third-order valence-corrected chi connectivity index (χ3v) is 4.15. The molecule has 2 aromatic heterocycles. The summed E-state index contributed by atoms with van der Waals surface area (Å²) in [5.41, 5.74) is 3.49. The van der Waals surface area contributed by atoms with Gasteiger partial charge < -0.3 is 9.88 Å². The van der Waals surface area contributed by atoms with Crippen molar-refractivity contribution in [2.45, 2.75) is 45.1 Å². The van der Waals surface area contributed by atoms with Crippen molar-refractivity contribution >= 4 is 11.8 Å². The minimum absolute atomic E-state index is 0.362. The van der Waals surface area contributed by atoms with Crippen molar-refractivity contribution in [2.24, 2.45) is 7.05 Å². The van der Waals surface area contributed by atoms with Crippen molar-refractivity contribution in [1.82, 2.24) is 24.6 Å². The summed E-state index contributed by atoms with van der Waals surface area (Å²) in [5, 5.41) is 9.08. The van der Waals surface area contributed by atoms with E-state index in [0.29, 0.717) is 6.04 Å². The third kappa shape index (κ3) is 3.43. The van der Waals surface area contributed by atoms with Crippen molar-refractivity contribution in [3.8, 4) is 0 Å². The van der Waals surface area contributed by atoms with E-state index in [0.717, 1.165) is 23.9 Å². The average molecular weight is 293 g/mol. The van der Waals surface area contributed by atoms with Gasteiger partial charge >= 0.3 is 0 Å². The van der Waals surface area contributed by atoms with Gasteiger partial charge in [0.1, 0.15) is 0 Å². The summed E-state index contributed by atoms with van der Waals surface area (Å²) in [7, 11) is 2.06. The van der Waals surface area contributed by atoms with Crippen LogP contribution in [0.3, 0.4) is 0 Å². The molecule has 1 unspecified atom stereocenters. The van der Waals surface area contributed by atoms with Crippen LogP contribution in [0.25, 0.3) is 0 Å². The smallest absolute Gasteiger partial charge is 0.167 e. The molecule has 0 bridgehead atoms. The van der Waals surface area contributed by atoms with Gasteiger partial charge in [-0.1, -0.05) is 11.8 Å². The number of nitrogens with one attached hydrogen (secondary N) is 1. The lowest BCUT2D eigenvalue weighted by molar-refractivity contribution is 0.438. The Balaban J connectivity index is 1.90. The van der Waals surface area contributed by atoms with Gasteiger partial charge in [0.2, 0.25) is 0 Å². The molecular formula is C14H23N5S. The van der Waals surface area contributed by atoms with Crippen molar-refractivity contribution < 1.29 is 0 Å². The van der Waals surface area contributed by atoms with Crippen LogP contribution in [0.15, 0.2) is 17.4 Å².